The van der Waals surface area contributed by atoms with Crippen LogP contribution in [0.4, 0.5) is 4.79 Å². The van der Waals surface area contributed by atoms with Crippen molar-refractivity contribution >= 4 is 6.09 Å². The minimum absolute atomic E-state index is 0.0814. The number of hydrogen-bond donors (Lipinski definition) is 0. The fourth-order valence-electron chi connectivity index (χ4n) is 3.81. The van der Waals surface area contributed by atoms with Gasteiger partial charge >= 0.3 is 6.09 Å². The average molecular weight is 359 g/mol. The maximum Gasteiger partial charge on any atom is 0.411 e. The largest absolute Gasteiger partial charge is 0.444 e. The lowest BCUT2D eigenvalue weighted by molar-refractivity contribution is -0.201. The van der Waals surface area contributed by atoms with Crippen molar-refractivity contribution in [1.82, 2.24) is 4.90 Å². The zero-order valence-electron chi connectivity index (χ0n) is 15.9. The Kier molecular flexibility index (Phi) is 5.39. The number of carbonyl (C=O) groups excluding carboxylic acids is 1. The van der Waals surface area contributed by atoms with Crippen LogP contribution < -0.4 is 0 Å². The Morgan fingerprint density at radius 3 is 2.50 bits per heavy atom. The lowest BCUT2D eigenvalue weighted by atomic mass is 9.87. The Morgan fingerprint density at radius 1 is 1.27 bits per heavy atom. The molecule has 2 saturated heterocycles. The van der Waals surface area contributed by atoms with Crippen molar-refractivity contribution in [2.24, 2.45) is 0 Å². The van der Waals surface area contributed by atoms with Crippen LogP contribution in [0.3, 0.4) is 0 Å². The molecule has 2 heterocycles. The highest BCUT2D eigenvalue weighted by molar-refractivity contribution is 5.69. The minimum atomic E-state index is -0.628. The molecular formula is C21H29NO4. The Bertz CT molecular complexity index is 631. The van der Waals surface area contributed by atoms with E-state index in [0.29, 0.717) is 26.1 Å². The molecule has 142 valence electrons. The van der Waals surface area contributed by atoms with Gasteiger partial charge in [0.15, 0.2) is 5.79 Å². The summed E-state index contributed by atoms with van der Waals surface area (Å²) in [6, 6.07) is 9.90. The van der Waals surface area contributed by atoms with Crippen molar-refractivity contribution in [2.75, 3.05) is 13.2 Å². The molecule has 0 aliphatic carbocycles. The summed E-state index contributed by atoms with van der Waals surface area (Å²) in [6.07, 6.45) is 3.43. The van der Waals surface area contributed by atoms with E-state index in [4.69, 9.17) is 14.2 Å². The second-order valence-electron chi connectivity index (χ2n) is 8.05. The van der Waals surface area contributed by atoms with Crippen LogP contribution >= 0.6 is 0 Å². The topological polar surface area (TPSA) is 48.0 Å². The molecule has 0 unspecified atom stereocenters. The fourth-order valence-corrected chi connectivity index (χ4v) is 3.81. The third-order valence-electron chi connectivity index (χ3n) is 4.82. The summed E-state index contributed by atoms with van der Waals surface area (Å²) in [4.78, 5) is 14.8. The predicted molar refractivity (Wildman–Crippen MR) is 99.9 cm³/mol. The molecule has 0 bridgehead atoms. The number of piperidine rings is 1. The number of benzene rings is 1. The number of ether oxygens (including phenoxy) is 3. The molecule has 1 spiro atoms. The van der Waals surface area contributed by atoms with Gasteiger partial charge in [-0.15, -0.1) is 6.58 Å². The summed E-state index contributed by atoms with van der Waals surface area (Å²) in [6.45, 7) is 10.8. The molecule has 1 amide bonds. The Labute approximate surface area is 155 Å². The summed E-state index contributed by atoms with van der Waals surface area (Å²) in [5, 5.41) is 0. The van der Waals surface area contributed by atoms with Gasteiger partial charge in [0.2, 0.25) is 0 Å². The molecule has 2 atom stereocenters. The zero-order chi connectivity index (χ0) is 18.8. The second kappa shape index (κ2) is 7.41. The molecule has 1 aromatic carbocycles. The fraction of sp³-hybridized carbons (Fsp3) is 0.571. The van der Waals surface area contributed by atoms with Crippen molar-refractivity contribution in [3.8, 4) is 0 Å². The molecular weight excluding hydrogens is 330 g/mol. The maximum absolute atomic E-state index is 13.0. The number of hydrogen-bond acceptors (Lipinski definition) is 4. The van der Waals surface area contributed by atoms with Gasteiger partial charge in [0.05, 0.1) is 19.3 Å². The van der Waals surface area contributed by atoms with Crippen LogP contribution in [0.5, 0.6) is 0 Å². The monoisotopic (exact) mass is 359 g/mol. The van der Waals surface area contributed by atoms with E-state index < -0.39 is 11.4 Å². The molecule has 0 N–H and O–H groups in total. The van der Waals surface area contributed by atoms with Crippen LogP contribution in [-0.2, 0) is 20.6 Å². The molecule has 1 aromatic rings. The molecule has 2 aliphatic rings. The van der Waals surface area contributed by atoms with Crippen molar-refractivity contribution < 1.29 is 19.0 Å². The van der Waals surface area contributed by atoms with E-state index >= 15 is 0 Å². The average Bonchev–Trinajstić information content (AvgIpc) is 3.01. The summed E-state index contributed by atoms with van der Waals surface area (Å²) in [5.74, 6) is -0.628. The third-order valence-corrected chi connectivity index (χ3v) is 4.82. The predicted octanol–water partition coefficient (Wildman–Crippen LogP) is 3.93. The second-order valence-corrected chi connectivity index (χ2v) is 8.05. The maximum atomic E-state index is 13.0. The Morgan fingerprint density at radius 2 is 1.92 bits per heavy atom. The highest BCUT2D eigenvalue weighted by Gasteiger charge is 2.50. The lowest BCUT2D eigenvalue weighted by Gasteiger charge is -2.47. The zero-order valence-corrected chi connectivity index (χ0v) is 15.9. The van der Waals surface area contributed by atoms with Gasteiger partial charge in [0.1, 0.15) is 5.60 Å². The Balaban J connectivity index is 1.88. The molecule has 3 rings (SSSR count). The van der Waals surface area contributed by atoms with E-state index in [0.717, 1.165) is 6.42 Å². The van der Waals surface area contributed by atoms with Gasteiger partial charge in [-0.3, -0.25) is 4.90 Å². The quantitative estimate of drug-likeness (QED) is 0.768. The molecule has 2 fully saturated rings. The van der Waals surface area contributed by atoms with Gasteiger partial charge in [-0.25, -0.2) is 4.79 Å². The van der Waals surface area contributed by atoms with E-state index in [1.54, 1.807) is 6.08 Å². The van der Waals surface area contributed by atoms with E-state index in [1.165, 1.54) is 5.56 Å². The normalized spacial score (nSPS) is 25.3. The molecule has 26 heavy (non-hydrogen) atoms. The number of carbonyl (C=O) groups is 1. The molecule has 0 saturated carbocycles. The highest BCUT2D eigenvalue weighted by atomic mass is 16.7. The van der Waals surface area contributed by atoms with E-state index in [9.17, 15) is 4.79 Å². The molecule has 0 radical (unpaired) electrons. The van der Waals surface area contributed by atoms with Crippen molar-refractivity contribution in [3.63, 3.8) is 0 Å². The van der Waals surface area contributed by atoms with Gasteiger partial charge in [0, 0.05) is 18.9 Å². The number of rotatable bonds is 3. The highest BCUT2D eigenvalue weighted by Crippen LogP contribution is 2.39. The minimum Gasteiger partial charge on any atom is -0.444 e. The summed E-state index contributed by atoms with van der Waals surface area (Å²) in [7, 11) is 0. The van der Waals surface area contributed by atoms with Crippen LogP contribution in [0.25, 0.3) is 0 Å². The lowest BCUT2D eigenvalue weighted by Crippen LogP contribution is -2.59. The van der Waals surface area contributed by atoms with Gasteiger partial charge in [-0.2, -0.15) is 0 Å². The molecule has 2 aliphatic heterocycles. The first-order chi connectivity index (χ1) is 12.3. The third kappa shape index (κ3) is 4.27. The van der Waals surface area contributed by atoms with Gasteiger partial charge < -0.3 is 14.2 Å². The van der Waals surface area contributed by atoms with Crippen LogP contribution in [0.15, 0.2) is 43.0 Å². The van der Waals surface area contributed by atoms with Crippen LogP contribution in [0.1, 0.15) is 39.2 Å². The molecule has 5 nitrogen and oxygen atoms in total. The number of amides is 1. The molecule has 0 aromatic heterocycles. The van der Waals surface area contributed by atoms with Gasteiger partial charge in [0.25, 0.3) is 0 Å². The van der Waals surface area contributed by atoms with Gasteiger partial charge in [-0.05, 0) is 32.8 Å². The Hall–Kier alpha value is -1.85. The smallest absolute Gasteiger partial charge is 0.411 e. The van der Waals surface area contributed by atoms with Crippen LogP contribution in [-0.4, -0.2) is 47.7 Å². The van der Waals surface area contributed by atoms with Crippen molar-refractivity contribution in [2.45, 2.75) is 63.5 Å². The first kappa shape index (κ1) is 18.9. The summed E-state index contributed by atoms with van der Waals surface area (Å²) in [5.41, 5.74) is 0.624. The first-order valence-electron chi connectivity index (χ1n) is 9.28. The van der Waals surface area contributed by atoms with E-state index in [2.05, 4.69) is 18.7 Å². The SMILES string of the molecule is C=C[C@@H]1CC2(C[C@H](Cc3ccccc3)N1C(=O)OC(C)(C)C)OCCO2. The summed E-state index contributed by atoms with van der Waals surface area (Å²) < 4.78 is 17.6. The van der Waals surface area contributed by atoms with Crippen molar-refractivity contribution in [1.29, 1.82) is 0 Å². The van der Waals surface area contributed by atoms with Crippen LogP contribution in [0.2, 0.25) is 0 Å². The van der Waals surface area contributed by atoms with Crippen molar-refractivity contribution in [3.05, 3.63) is 48.6 Å². The standard InChI is InChI=1S/C21H29NO4/c1-5-17-14-21(24-11-12-25-21)15-18(13-16-9-7-6-8-10-16)22(17)19(23)26-20(2,3)4/h5-10,17-18H,1,11-15H2,2-4H3/t17-,18+/m1/s1. The van der Waals surface area contributed by atoms with E-state index in [1.807, 2.05) is 43.9 Å². The van der Waals surface area contributed by atoms with Crippen LogP contribution in [0, 0.1) is 0 Å². The molecule has 5 heteroatoms. The number of likely N-dealkylation sites (tertiary alicyclic amines) is 1. The van der Waals surface area contributed by atoms with Gasteiger partial charge in [-0.1, -0.05) is 36.4 Å². The van der Waals surface area contributed by atoms with E-state index in [-0.39, 0.29) is 18.2 Å². The number of nitrogens with zero attached hydrogens (tertiary/aromatic N) is 1. The summed E-state index contributed by atoms with van der Waals surface area (Å²) >= 11 is 0. The first-order valence-corrected chi connectivity index (χ1v) is 9.28.